The number of piperazine rings is 1. The van der Waals surface area contributed by atoms with Gasteiger partial charge in [-0.2, -0.15) is 0 Å². The second-order valence-corrected chi connectivity index (χ2v) is 7.48. The van der Waals surface area contributed by atoms with Gasteiger partial charge < -0.3 is 9.80 Å². The van der Waals surface area contributed by atoms with Crippen molar-refractivity contribution >= 4 is 15.9 Å². The van der Waals surface area contributed by atoms with Crippen molar-refractivity contribution in [1.82, 2.24) is 14.5 Å². The van der Waals surface area contributed by atoms with Gasteiger partial charge in [-0.1, -0.05) is 13.8 Å². The monoisotopic (exact) mass is 291 g/mol. The van der Waals surface area contributed by atoms with Crippen LogP contribution < -0.4 is 4.72 Å². The Morgan fingerprint density at radius 3 is 2.16 bits per heavy atom. The van der Waals surface area contributed by atoms with Gasteiger partial charge in [-0.05, 0) is 19.4 Å². The molecule has 6 nitrogen and oxygen atoms in total. The van der Waals surface area contributed by atoms with E-state index in [0.29, 0.717) is 19.5 Å². The van der Waals surface area contributed by atoms with Crippen LogP contribution in [0.2, 0.25) is 0 Å². The number of carbonyl (C=O) groups excluding carboxylic acids is 1. The predicted octanol–water partition coefficient (Wildman–Crippen LogP) is -0.276. The SMILES string of the molecule is CC(C)C[C@@H](NS(C)(=O)=O)C(=O)N1CCN(C)CC1. The normalized spacial score (nSPS) is 19.7. The summed E-state index contributed by atoms with van der Waals surface area (Å²) in [6.07, 6.45) is 1.62. The van der Waals surface area contributed by atoms with E-state index in [1.54, 1.807) is 4.90 Å². The first-order chi connectivity index (χ1) is 8.69. The summed E-state index contributed by atoms with van der Waals surface area (Å²) < 4.78 is 25.2. The van der Waals surface area contributed by atoms with Crippen LogP contribution in [0.15, 0.2) is 0 Å². The van der Waals surface area contributed by atoms with Crippen LogP contribution in [-0.2, 0) is 14.8 Å². The smallest absolute Gasteiger partial charge is 0.240 e. The second-order valence-electron chi connectivity index (χ2n) is 5.70. The van der Waals surface area contributed by atoms with Gasteiger partial charge in [0.1, 0.15) is 6.04 Å². The fourth-order valence-corrected chi connectivity index (χ4v) is 2.89. The van der Waals surface area contributed by atoms with Gasteiger partial charge in [-0.25, -0.2) is 13.1 Å². The molecule has 0 aromatic carbocycles. The Bertz CT molecular complexity index is 400. The van der Waals surface area contributed by atoms with Crippen LogP contribution in [0.1, 0.15) is 20.3 Å². The fraction of sp³-hybridized carbons (Fsp3) is 0.917. The topological polar surface area (TPSA) is 69.7 Å². The van der Waals surface area contributed by atoms with Crippen molar-refractivity contribution in [2.75, 3.05) is 39.5 Å². The third kappa shape index (κ3) is 5.88. The van der Waals surface area contributed by atoms with E-state index in [2.05, 4.69) is 9.62 Å². The first-order valence-electron chi connectivity index (χ1n) is 6.63. The molecule has 1 amide bonds. The molecule has 1 aliphatic rings. The zero-order valence-corrected chi connectivity index (χ0v) is 13.0. The molecule has 1 atom stereocenters. The van der Waals surface area contributed by atoms with Crippen LogP contribution in [0, 0.1) is 5.92 Å². The summed E-state index contributed by atoms with van der Waals surface area (Å²) in [7, 11) is -1.36. The van der Waals surface area contributed by atoms with Crippen LogP contribution >= 0.6 is 0 Å². The lowest BCUT2D eigenvalue weighted by Crippen LogP contribution is -2.54. The van der Waals surface area contributed by atoms with Crippen LogP contribution in [0.4, 0.5) is 0 Å². The predicted molar refractivity (Wildman–Crippen MR) is 75.3 cm³/mol. The molecule has 0 spiro atoms. The van der Waals surface area contributed by atoms with E-state index in [9.17, 15) is 13.2 Å². The summed E-state index contributed by atoms with van der Waals surface area (Å²) in [6.45, 7) is 6.95. The van der Waals surface area contributed by atoms with E-state index >= 15 is 0 Å². The number of nitrogens with one attached hydrogen (secondary N) is 1. The van der Waals surface area contributed by atoms with E-state index in [1.807, 2.05) is 20.9 Å². The largest absolute Gasteiger partial charge is 0.339 e. The Labute approximate surface area is 116 Å². The number of amides is 1. The Morgan fingerprint density at radius 1 is 1.21 bits per heavy atom. The molecule has 0 aliphatic carbocycles. The minimum Gasteiger partial charge on any atom is -0.339 e. The van der Waals surface area contributed by atoms with Gasteiger partial charge in [0, 0.05) is 26.2 Å². The van der Waals surface area contributed by atoms with Crippen LogP contribution in [0.25, 0.3) is 0 Å². The number of nitrogens with zero attached hydrogens (tertiary/aromatic N) is 2. The highest BCUT2D eigenvalue weighted by Gasteiger charge is 2.29. The highest BCUT2D eigenvalue weighted by molar-refractivity contribution is 7.88. The minimum absolute atomic E-state index is 0.104. The number of hydrogen-bond donors (Lipinski definition) is 1. The number of hydrogen-bond acceptors (Lipinski definition) is 4. The van der Waals surface area contributed by atoms with Crippen molar-refractivity contribution in [3.05, 3.63) is 0 Å². The summed E-state index contributed by atoms with van der Waals surface area (Å²) in [5.74, 6) is 0.155. The van der Waals surface area contributed by atoms with E-state index in [4.69, 9.17) is 0 Å². The van der Waals surface area contributed by atoms with Gasteiger partial charge in [0.15, 0.2) is 0 Å². The lowest BCUT2D eigenvalue weighted by Gasteiger charge is -2.35. The summed E-state index contributed by atoms with van der Waals surface area (Å²) in [5, 5.41) is 0. The lowest BCUT2D eigenvalue weighted by molar-refractivity contribution is -0.135. The molecule has 1 rings (SSSR count). The number of sulfonamides is 1. The molecule has 1 heterocycles. The minimum atomic E-state index is -3.37. The summed E-state index contributed by atoms with van der Waals surface area (Å²) >= 11 is 0. The van der Waals surface area contributed by atoms with E-state index in [-0.39, 0.29) is 11.8 Å². The molecule has 0 aromatic heterocycles. The summed E-state index contributed by atoms with van der Waals surface area (Å²) in [6, 6.07) is -0.640. The first-order valence-corrected chi connectivity index (χ1v) is 8.53. The third-order valence-corrected chi connectivity index (χ3v) is 3.89. The molecular weight excluding hydrogens is 266 g/mol. The van der Waals surface area contributed by atoms with Crippen LogP contribution in [0.3, 0.4) is 0 Å². The van der Waals surface area contributed by atoms with Crippen molar-refractivity contribution in [1.29, 1.82) is 0 Å². The first kappa shape index (κ1) is 16.4. The lowest BCUT2D eigenvalue weighted by atomic mass is 10.0. The number of rotatable bonds is 5. The van der Waals surface area contributed by atoms with Crippen LogP contribution in [-0.4, -0.2) is 69.6 Å². The average Bonchev–Trinajstić information content (AvgIpc) is 2.25. The molecule has 0 radical (unpaired) electrons. The molecule has 1 fully saturated rings. The molecular formula is C12H25N3O3S. The molecule has 1 N–H and O–H groups in total. The maximum absolute atomic E-state index is 12.4. The summed E-state index contributed by atoms with van der Waals surface area (Å²) in [4.78, 5) is 16.3. The molecule has 0 aromatic rings. The van der Waals surface area contributed by atoms with Crippen molar-refractivity contribution in [2.24, 2.45) is 5.92 Å². The van der Waals surface area contributed by atoms with Crippen LogP contribution in [0.5, 0.6) is 0 Å². The van der Waals surface area contributed by atoms with E-state index in [0.717, 1.165) is 19.3 Å². The highest BCUT2D eigenvalue weighted by Crippen LogP contribution is 2.10. The number of likely N-dealkylation sites (N-methyl/N-ethyl adjacent to an activating group) is 1. The molecule has 0 saturated carbocycles. The zero-order chi connectivity index (χ0) is 14.6. The maximum Gasteiger partial charge on any atom is 0.240 e. The Kier molecular flexibility index (Phi) is 5.76. The van der Waals surface area contributed by atoms with E-state index in [1.165, 1.54) is 0 Å². The van der Waals surface area contributed by atoms with Crippen molar-refractivity contribution in [2.45, 2.75) is 26.3 Å². The quantitative estimate of drug-likeness (QED) is 0.757. The van der Waals surface area contributed by atoms with Gasteiger partial charge in [0.25, 0.3) is 0 Å². The fourth-order valence-electron chi connectivity index (χ4n) is 2.18. The molecule has 19 heavy (non-hydrogen) atoms. The van der Waals surface area contributed by atoms with Gasteiger partial charge in [-0.3, -0.25) is 4.79 Å². The molecule has 1 saturated heterocycles. The van der Waals surface area contributed by atoms with Gasteiger partial charge >= 0.3 is 0 Å². The maximum atomic E-state index is 12.4. The molecule has 1 aliphatic heterocycles. The Morgan fingerprint density at radius 2 is 1.74 bits per heavy atom. The highest BCUT2D eigenvalue weighted by atomic mass is 32.2. The zero-order valence-electron chi connectivity index (χ0n) is 12.2. The van der Waals surface area contributed by atoms with Gasteiger partial charge in [0.05, 0.1) is 6.26 Å². The molecule has 112 valence electrons. The second kappa shape index (κ2) is 6.67. The Hall–Kier alpha value is -0.660. The molecule has 0 bridgehead atoms. The molecule has 0 unspecified atom stereocenters. The molecule has 7 heteroatoms. The standard InChI is InChI=1S/C12H25N3O3S/c1-10(2)9-11(13-19(4,17)18)12(16)15-7-5-14(3)6-8-15/h10-11,13H,5-9H2,1-4H3/t11-/m1/s1. The van der Waals surface area contributed by atoms with Crippen molar-refractivity contribution in [3.8, 4) is 0 Å². The van der Waals surface area contributed by atoms with Crippen molar-refractivity contribution < 1.29 is 13.2 Å². The van der Waals surface area contributed by atoms with Crippen molar-refractivity contribution in [3.63, 3.8) is 0 Å². The van der Waals surface area contributed by atoms with Gasteiger partial charge in [-0.15, -0.1) is 0 Å². The third-order valence-electron chi connectivity index (χ3n) is 3.18. The number of carbonyl (C=O) groups is 1. The van der Waals surface area contributed by atoms with Gasteiger partial charge in [0.2, 0.25) is 15.9 Å². The average molecular weight is 291 g/mol. The van der Waals surface area contributed by atoms with E-state index < -0.39 is 16.1 Å². The summed E-state index contributed by atoms with van der Waals surface area (Å²) in [5.41, 5.74) is 0. The Balaban J connectivity index is 2.70.